The van der Waals surface area contributed by atoms with Gasteiger partial charge in [0, 0.05) is 17.8 Å². The third-order valence-corrected chi connectivity index (χ3v) is 5.10. The Labute approximate surface area is 157 Å². The van der Waals surface area contributed by atoms with Crippen LogP contribution in [0.25, 0.3) is 0 Å². The number of nitrogens with one attached hydrogen (secondary N) is 1. The zero-order chi connectivity index (χ0) is 19.3. The normalized spacial score (nSPS) is 15.7. The number of nitrogens with zero attached hydrogens (tertiary/aromatic N) is 3. The van der Waals surface area contributed by atoms with Crippen molar-refractivity contribution in [3.05, 3.63) is 17.0 Å². The van der Waals surface area contributed by atoms with E-state index in [1.807, 2.05) is 20.1 Å². The van der Waals surface area contributed by atoms with Gasteiger partial charge in [0.2, 0.25) is 0 Å². The molecule has 1 aromatic heterocycles. The number of hydrogen-bond donors (Lipinski definition) is 1. The molecule has 0 unspecified atom stereocenters. The third-order valence-electron chi connectivity index (χ3n) is 4.55. The number of carbonyl (C=O) groups excluding carboxylic acids is 2. The first-order chi connectivity index (χ1) is 12.3. The molecule has 0 aromatic carbocycles. The van der Waals surface area contributed by atoms with E-state index in [2.05, 4.69) is 21.4 Å². The molecule has 0 aliphatic heterocycles. The Hall–Kier alpha value is -2.14. The number of rotatable bonds is 8. The Balaban J connectivity index is 1.81. The summed E-state index contributed by atoms with van der Waals surface area (Å²) in [5, 5.41) is 12.6. The highest BCUT2D eigenvalue weighted by Crippen LogP contribution is 2.39. The minimum Gasteiger partial charge on any atom is -0.456 e. The molecule has 1 amide bonds. The molecule has 1 aliphatic carbocycles. The van der Waals surface area contributed by atoms with Crippen molar-refractivity contribution in [1.82, 2.24) is 15.3 Å². The molecule has 0 bridgehead atoms. The summed E-state index contributed by atoms with van der Waals surface area (Å²) in [5.41, 5.74) is 1.74. The molecule has 0 radical (unpaired) electrons. The van der Waals surface area contributed by atoms with Crippen LogP contribution in [0, 0.1) is 31.1 Å². The number of carbonyl (C=O) groups is 2. The van der Waals surface area contributed by atoms with Crippen LogP contribution in [-0.2, 0) is 20.7 Å². The molecule has 0 spiro atoms. The van der Waals surface area contributed by atoms with Crippen LogP contribution in [0.1, 0.15) is 43.1 Å². The van der Waals surface area contributed by atoms with Crippen molar-refractivity contribution in [3.8, 4) is 6.07 Å². The van der Waals surface area contributed by atoms with Crippen molar-refractivity contribution in [2.75, 3.05) is 12.9 Å². The van der Waals surface area contributed by atoms with Crippen molar-refractivity contribution < 1.29 is 14.3 Å². The molecule has 1 atom stereocenters. The number of aryl methyl sites for hydroxylation is 2. The van der Waals surface area contributed by atoms with Gasteiger partial charge < -0.3 is 10.1 Å². The monoisotopic (exact) mass is 376 g/mol. The molecule has 7 nitrogen and oxygen atoms in total. The standard InChI is InChI=1S/C18H24N4O3S/c1-11-14(12(2)21-17(20-11)26-4)7-8-16(24)25-9-15(23)22-18(3,10-19)13-5-6-13/h13H,5-9H2,1-4H3,(H,22,23)/t18-/m0/s1. The van der Waals surface area contributed by atoms with Crippen molar-refractivity contribution in [1.29, 1.82) is 5.26 Å². The summed E-state index contributed by atoms with van der Waals surface area (Å²) in [7, 11) is 0. The van der Waals surface area contributed by atoms with Gasteiger partial charge in [-0.05, 0) is 57.8 Å². The maximum Gasteiger partial charge on any atom is 0.306 e. The Morgan fingerprint density at radius 1 is 1.35 bits per heavy atom. The fourth-order valence-electron chi connectivity index (χ4n) is 2.81. The highest BCUT2D eigenvalue weighted by Gasteiger charge is 2.43. The SMILES string of the molecule is CSc1nc(C)c(CCC(=O)OCC(=O)N[C@@](C)(C#N)C2CC2)c(C)n1. The van der Waals surface area contributed by atoms with Gasteiger partial charge in [-0.25, -0.2) is 9.97 Å². The second kappa shape index (κ2) is 8.49. The maximum atomic E-state index is 11.9. The van der Waals surface area contributed by atoms with Crippen LogP contribution in [0.2, 0.25) is 0 Å². The highest BCUT2D eigenvalue weighted by molar-refractivity contribution is 7.98. The van der Waals surface area contributed by atoms with Gasteiger partial charge in [0.25, 0.3) is 5.91 Å². The van der Waals surface area contributed by atoms with Gasteiger partial charge in [-0.2, -0.15) is 5.26 Å². The van der Waals surface area contributed by atoms with E-state index in [-0.39, 0.29) is 18.9 Å². The second-order valence-electron chi connectivity index (χ2n) is 6.66. The lowest BCUT2D eigenvalue weighted by atomic mass is 9.98. The quantitative estimate of drug-likeness (QED) is 0.421. The van der Waals surface area contributed by atoms with E-state index in [0.717, 1.165) is 29.8 Å². The van der Waals surface area contributed by atoms with Gasteiger partial charge in [0.1, 0.15) is 5.54 Å². The van der Waals surface area contributed by atoms with Crippen molar-refractivity contribution in [2.24, 2.45) is 5.92 Å². The molecule has 1 heterocycles. The van der Waals surface area contributed by atoms with Crippen LogP contribution >= 0.6 is 11.8 Å². The van der Waals surface area contributed by atoms with E-state index in [0.29, 0.717) is 11.6 Å². The van der Waals surface area contributed by atoms with E-state index in [4.69, 9.17) is 4.74 Å². The van der Waals surface area contributed by atoms with Gasteiger partial charge in [0.15, 0.2) is 11.8 Å². The second-order valence-corrected chi connectivity index (χ2v) is 7.43. The minimum absolute atomic E-state index is 0.148. The summed E-state index contributed by atoms with van der Waals surface area (Å²) >= 11 is 1.47. The summed E-state index contributed by atoms with van der Waals surface area (Å²) in [6.45, 7) is 5.11. The number of aromatic nitrogens is 2. The van der Waals surface area contributed by atoms with Gasteiger partial charge >= 0.3 is 5.97 Å². The van der Waals surface area contributed by atoms with Crippen molar-refractivity contribution in [3.63, 3.8) is 0 Å². The predicted octanol–water partition coefficient (Wildman–Crippen LogP) is 2.10. The summed E-state index contributed by atoms with van der Waals surface area (Å²) in [6.07, 6.45) is 4.39. The average Bonchev–Trinajstić information content (AvgIpc) is 3.44. The molecule has 1 aliphatic rings. The number of hydrogen-bond acceptors (Lipinski definition) is 7. The Bertz CT molecular complexity index is 719. The van der Waals surface area contributed by atoms with Crippen LogP contribution < -0.4 is 5.32 Å². The van der Waals surface area contributed by atoms with Crippen molar-refractivity contribution in [2.45, 2.75) is 57.1 Å². The van der Waals surface area contributed by atoms with E-state index in [1.165, 1.54) is 11.8 Å². The Kier molecular flexibility index (Phi) is 6.59. The molecule has 1 fully saturated rings. The first-order valence-corrected chi connectivity index (χ1v) is 9.77. The predicted molar refractivity (Wildman–Crippen MR) is 97.5 cm³/mol. The van der Waals surface area contributed by atoms with Crippen LogP contribution in [0.3, 0.4) is 0 Å². The van der Waals surface area contributed by atoms with Gasteiger partial charge in [-0.1, -0.05) is 11.8 Å². The zero-order valence-electron chi connectivity index (χ0n) is 15.6. The lowest BCUT2D eigenvalue weighted by Gasteiger charge is -2.22. The molecule has 1 aromatic rings. The number of amides is 1. The summed E-state index contributed by atoms with van der Waals surface area (Å²) in [5.74, 6) is -0.727. The van der Waals surface area contributed by atoms with Gasteiger partial charge in [-0.15, -0.1) is 0 Å². The molecule has 1 saturated carbocycles. The van der Waals surface area contributed by atoms with E-state index in [9.17, 15) is 14.9 Å². The van der Waals surface area contributed by atoms with Crippen molar-refractivity contribution >= 4 is 23.6 Å². The van der Waals surface area contributed by atoms with Gasteiger partial charge in [0.05, 0.1) is 6.07 Å². The van der Waals surface area contributed by atoms with Crippen LogP contribution in [0.4, 0.5) is 0 Å². The van der Waals surface area contributed by atoms with E-state index >= 15 is 0 Å². The summed E-state index contributed by atoms with van der Waals surface area (Å²) in [4.78, 5) is 32.6. The molecule has 2 rings (SSSR count). The molecular weight excluding hydrogens is 352 g/mol. The highest BCUT2D eigenvalue weighted by atomic mass is 32.2. The zero-order valence-corrected chi connectivity index (χ0v) is 16.4. The fourth-order valence-corrected chi connectivity index (χ4v) is 3.27. The maximum absolute atomic E-state index is 11.9. The third kappa shape index (κ3) is 5.18. The van der Waals surface area contributed by atoms with Crippen LogP contribution in [-0.4, -0.2) is 40.2 Å². The Morgan fingerprint density at radius 3 is 2.46 bits per heavy atom. The minimum atomic E-state index is -0.881. The van der Waals surface area contributed by atoms with E-state index < -0.39 is 17.4 Å². The summed E-state index contributed by atoms with van der Waals surface area (Å²) < 4.78 is 5.04. The molecule has 8 heteroatoms. The molecule has 140 valence electrons. The van der Waals surface area contributed by atoms with E-state index in [1.54, 1.807) is 6.92 Å². The largest absolute Gasteiger partial charge is 0.456 e. The molecule has 0 saturated heterocycles. The van der Waals surface area contributed by atoms with Crippen LogP contribution in [0.5, 0.6) is 0 Å². The lowest BCUT2D eigenvalue weighted by molar-refractivity contribution is -0.148. The number of thioether (sulfide) groups is 1. The topological polar surface area (TPSA) is 105 Å². The number of ether oxygens (including phenoxy) is 1. The van der Waals surface area contributed by atoms with Crippen LogP contribution in [0.15, 0.2) is 5.16 Å². The first-order valence-electron chi connectivity index (χ1n) is 8.55. The fraction of sp³-hybridized carbons (Fsp3) is 0.611. The molecule has 1 N–H and O–H groups in total. The first kappa shape index (κ1) is 20.2. The smallest absolute Gasteiger partial charge is 0.306 e. The summed E-state index contributed by atoms with van der Waals surface area (Å²) in [6, 6.07) is 2.14. The molecule has 26 heavy (non-hydrogen) atoms. The number of esters is 1. The lowest BCUT2D eigenvalue weighted by Crippen LogP contribution is -2.48. The average molecular weight is 376 g/mol. The van der Waals surface area contributed by atoms with Gasteiger partial charge in [-0.3, -0.25) is 9.59 Å². The number of nitriles is 1. The molecular formula is C18H24N4O3S. The Morgan fingerprint density at radius 2 is 1.96 bits per heavy atom.